The van der Waals surface area contributed by atoms with Gasteiger partial charge in [0.2, 0.25) is 5.89 Å². The molecular formula is C15H16N2O3. The molecule has 1 aliphatic rings. The molecule has 1 fully saturated rings. The lowest BCUT2D eigenvalue weighted by molar-refractivity contribution is -0.127. The summed E-state index contributed by atoms with van der Waals surface area (Å²) in [4.78, 5) is 16.1. The van der Waals surface area contributed by atoms with Crippen LogP contribution < -0.4 is 0 Å². The van der Waals surface area contributed by atoms with Crippen molar-refractivity contribution < 1.29 is 14.1 Å². The third-order valence-corrected chi connectivity index (χ3v) is 3.39. The summed E-state index contributed by atoms with van der Waals surface area (Å²) in [5.74, 6) is 0.686. The third-order valence-electron chi connectivity index (χ3n) is 3.39. The summed E-state index contributed by atoms with van der Waals surface area (Å²) in [6, 6.07) is 8.16. The number of hydrogen-bond donors (Lipinski definition) is 0. The second kappa shape index (κ2) is 5.54. The molecular weight excluding hydrogens is 256 g/mol. The fourth-order valence-corrected chi connectivity index (χ4v) is 2.34. The molecule has 20 heavy (non-hydrogen) atoms. The molecule has 5 nitrogen and oxygen atoms in total. The fourth-order valence-electron chi connectivity index (χ4n) is 2.34. The highest BCUT2D eigenvalue weighted by Gasteiger charge is 2.29. The molecule has 2 aromatic rings. The Hall–Kier alpha value is -2.01. The van der Waals surface area contributed by atoms with Crippen molar-refractivity contribution in [1.82, 2.24) is 10.1 Å². The number of ketones is 1. The molecule has 1 aliphatic heterocycles. The van der Waals surface area contributed by atoms with E-state index in [2.05, 4.69) is 16.2 Å². The molecule has 3 rings (SSSR count). The molecule has 0 saturated carbocycles. The van der Waals surface area contributed by atoms with Gasteiger partial charge in [0.1, 0.15) is 11.7 Å². The van der Waals surface area contributed by atoms with Gasteiger partial charge in [-0.3, -0.25) is 4.79 Å². The molecule has 0 N–H and O–H groups in total. The molecule has 0 radical (unpaired) electrons. The van der Waals surface area contributed by atoms with E-state index < -0.39 is 5.92 Å². The highest BCUT2D eigenvalue weighted by molar-refractivity contribution is 5.85. The Morgan fingerprint density at radius 2 is 2.30 bits per heavy atom. The minimum atomic E-state index is -0.400. The van der Waals surface area contributed by atoms with Crippen LogP contribution in [0.4, 0.5) is 0 Å². The van der Waals surface area contributed by atoms with E-state index in [-0.39, 0.29) is 5.78 Å². The lowest BCUT2D eigenvalue weighted by Gasteiger charge is -2.17. The molecule has 0 spiro atoms. The van der Waals surface area contributed by atoms with Gasteiger partial charge < -0.3 is 9.26 Å². The predicted octanol–water partition coefficient (Wildman–Crippen LogP) is 2.04. The Labute approximate surface area is 116 Å². The summed E-state index contributed by atoms with van der Waals surface area (Å²) in [5, 5.41) is 3.96. The highest BCUT2D eigenvalue weighted by Crippen LogP contribution is 2.21. The zero-order valence-corrected chi connectivity index (χ0v) is 11.3. The van der Waals surface area contributed by atoms with E-state index in [0.29, 0.717) is 37.8 Å². The lowest BCUT2D eigenvalue weighted by atomic mass is 10.0. The molecule has 1 aromatic heterocycles. The first-order valence-electron chi connectivity index (χ1n) is 6.71. The van der Waals surface area contributed by atoms with Crippen molar-refractivity contribution in [2.45, 2.75) is 25.7 Å². The van der Waals surface area contributed by atoms with Crippen molar-refractivity contribution in [3.05, 3.63) is 47.1 Å². The van der Waals surface area contributed by atoms with Crippen LogP contribution >= 0.6 is 0 Å². The Bertz CT molecular complexity index is 621. The van der Waals surface area contributed by atoms with Crippen LogP contribution in [0, 0.1) is 6.92 Å². The Morgan fingerprint density at radius 3 is 3.10 bits per heavy atom. The van der Waals surface area contributed by atoms with E-state index in [4.69, 9.17) is 9.26 Å². The SMILES string of the molecule is Cc1cccc(Cc2noc(C3COCCC3=O)n2)c1. The molecule has 0 aliphatic carbocycles. The average molecular weight is 272 g/mol. The maximum Gasteiger partial charge on any atom is 0.239 e. The monoisotopic (exact) mass is 272 g/mol. The minimum Gasteiger partial charge on any atom is -0.380 e. The number of Topliss-reactive ketones (excluding diaryl/α,β-unsaturated/α-hetero) is 1. The highest BCUT2D eigenvalue weighted by atomic mass is 16.5. The summed E-state index contributed by atoms with van der Waals surface area (Å²) in [7, 11) is 0. The van der Waals surface area contributed by atoms with Gasteiger partial charge in [-0.15, -0.1) is 0 Å². The maximum absolute atomic E-state index is 11.8. The van der Waals surface area contributed by atoms with Crippen LogP contribution in [0.2, 0.25) is 0 Å². The number of aryl methyl sites for hydroxylation is 1. The van der Waals surface area contributed by atoms with Gasteiger partial charge in [0.15, 0.2) is 5.82 Å². The van der Waals surface area contributed by atoms with Crippen LogP contribution in [-0.2, 0) is 16.0 Å². The van der Waals surface area contributed by atoms with Crippen LogP contribution in [0.5, 0.6) is 0 Å². The number of benzene rings is 1. The van der Waals surface area contributed by atoms with Gasteiger partial charge in [0.25, 0.3) is 0 Å². The van der Waals surface area contributed by atoms with Gasteiger partial charge in [-0.2, -0.15) is 4.98 Å². The van der Waals surface area contributed by atoms with Crippen LogP contribution in [0.3, 0.4) is 0 Å². The standard InChI is InChI=1S/C15H16N2O3/c1-10-3-2-4-11(7-10)8-14-16-15(20-17-14)12-9-19-6-5-13(12)18/h2-4,7,12H,5-6,8-9H2,1H3. The normalized spacial score (nSPS) is 19.2. The van der Waals surface area contributed by atoms with Gasteiger partial charge in [-0.1, -0.05) is 35.0 Å². The van der Waals surface area contributed by atoms with Gasteiger partial charge in [-0.05, 0) is 12.5 Å². The second-order valence-electron chi connectivity index (χ2n) is 5.06. The van der Waals surface area contributed by atoms with Gasteiger partial charge >= 0.3 is 0 Å². The fraction of sp³-hybridized carbons (Fsp3) is 0.400. The summed E-state index contributed by atoms with van der Waals surface area (Å²) in [6.07, 6.45) is 1.02. The smallest absolute Gasteiger partial charge is 0.239 e. The Morgan fingerprint density at radius 1 is 1.40 bits per heavy atom. The van der Waals surface area contributed by atoms with Crippen LogP contribution in [-0.4, -0.2) is 29.1 Å². The van der Waals surface area contributed by atoms with Crippen LogP contribution in [0.15, 0.2) is 28.8 Å². The van der Waals surface area contributed by atoms with Gasteiger partial charge in [-0.25, -0.2) is 0 Å². The summed E-state index contributed by atoms with van der Waals surface area (Å²) in [6.45, 7) is 2.87. The Balaban J connectivity index is 1.75. The topological polar surface area (TPSA) is 65.2 Å². The molecule has 0 amide bonds. The van der Waals surface area contributed by atoms with Crippen molar-refractivity contribution in [2.24, 2.45) is 0 Å². The van der Waals surface area contributed by atoms with Crippen molar-refractivity contribution in [3.8, 4) is 0 Å². The minimum absolute atomic E-state index is 0.113. The average Bonchev–Trinajstić information content (AvgIpc) is 2.87. The number of ether oxygens (including phenoxy) is 1. The number of carbonyl (C=O) groups excluding carboxylic acids is 1. The Kier molecular flexibility index (Phi) is 3.60. The number of carbonyl (C=O) groups is 1. The maximum atomic E-state index is 11.8. The number of aromatic nitrogens is 2. The van der Waals surface area contributed by atoms with Crippen LogP contribution in [0.1, 0.15) is 35.2 Å². The molecule has 1 atom stereocenters. The number of rotatable bonds is 3. The van der Waals surface area contributed by atoms with E-state index in [9.17, 15) is 4.79 Å². The molecule has 1 saturated heterocycles. The zero-order chi connectivity index (χ0) is 13.9. The summed E-state index contributed by atoms with van der Waals surface area (Å²) in [5.41, 5.74) is 2.32. The largest absolute Gasteiger partial charge is 0.380 e. The van der Waals surface area contributed by atoms with Crippen molar-refractivity contribution in [3.63, 3.8) is 0 Å². The quantitative estimate of drug-likeness (QED) is 0.855. The van der Waals surface area contributed by atoms with Crippen LogP contribution in [0.25, 0.3) is 0 Å². The molecule has 1 unspecified atom stereocenters. The van der Waals surface area contributed by atoms with Crippen molar-refractivity contribution in [2.75, 3.05) is 13.2 Å². The first-order chi connectivity index (χ1) is 9.72. The number of hydrogen-bond acceptors (Lipinski definition) is 5. The molecule has 104 valence electrons. The van der Waals surface area contributed by atoms with Crippen molar-refractivity contribution in [1.29, 1.82) is 0 Å². The zero-order valence-electron chi connectivity index (χ0n) is 11.3. The predicted molar refractivity (Wildman–Crippen MR) is 71.5 cm³/mol. The van der Waals surface area contributed by atoms with Gasteiger partial charge in [0, 0.05) is 12.8 Å². The summed E-state index contributed by atoms with van der Waals surface area (Å²) < 4.78 is 10.5. The molecule has 5 heteroatoms. The third kappa shape index (κ3) is 2.77. The van der Waals surface area contributed by atoms with Crippen molar-refractivity contribution >= 4 is 5.78 Å². The van der Waals surface area contributed by atoms with E-state index >= 15 is 0 Å². The van der Waals surface area contributed by atoms with E-state index in [1.807, 2.05) is 25.1 Å². The van der Waals surface area contributed by atoms with E-state index in [1.165, 1.54) is 5.56 Å². The van der Waals surface area contributed by atoms with E-state index in [1.54, 1.807) is 0 Å². The number of nitrogens with zero attached hydrogens (tertiary/aromatic N) is 2. The first-order valence-corrected chi connectivity index (χ1v) is 6.71. The molecule has 2 heterocycles. The van der Waals surface area contributed by atoms with E-state index in [0.717, 1.165) is 5.56 Å². The second-order valence-corrected chi connectivity index (χ2v) is 5.06. The van der Waals surface area contributed by atoms with Gasteiger partial charge in [0.05, 0.1) is 13.2 Å². The molecule has 0 bridgehead atoms. The lowest BCUT2D eigenvalue weighted by Crippen LogP contribution is -2.25. The molecule has 1 aromatic carbocycles. The summed E-state index contributed by atoms with van der Waals surface area (Å²) >= 11 is 0. The first kappa shape index (κ1) is 13.0.